The molecule has 1 saturated carbocycles. The summed E-state index contributed by atoms with van der Waals surface area (Å²) in [6, 6.07) is 9.76. The number of para-hydroxylation sites is 1. The predicted molar refractivity (Wildman–Crippen MR) is 83.6 cm³/mol. The number of carbonyl (C=O) groups is 1. The zero-order chi connectivity index (χ0) is 15.4. The first-order valence-corrected chi connectivity index (χ1v) is 7.76. The highest BCUT2D eigenvalue weighted by Gasteiger charge is 2.26. The minimum absolute atomic E-state index is 0.146. The van der Waals surface area contributed by atoms with Crippen molar-refractivity contribution >= 4 is 5.91 Å². The molecule has 2 unspecified atom stereocenters. The van der Waals surface area contributed by atoms with Crippen LogP contribution in [0.25, 0.3) is 5.69 Å². The molecule has 1 aromatic carbocycles. The molecule has 0 radical (unpaired) electrons. The van der Waals surface area contributed by atoms with Crippen molar-refractivity contribution in [1.29, 1.82) is 0 Å². The maximum Gasteiger partial charge on any atom is 0.273 e. The molecule has 6 nitrogen and oxygen atoms in total. The van der Waals surface area contributed by atoms with E-state index in [0.717, 1.165) is 24.9 Å². The maximum absolute atomic E-state index is 12.4. The van der Waals surface area contributed by atoms with Gasteiger partial charge in [-0.25, -0.2) is 4.68 Å². The van der Waals surface area contributed by atoms with Crippen LogP contribution < -0.4 is 11.1 Å². The van der Waals surface area contributed by atoms with Crippen molar-refractivity contribution in [3.8, 4) is 5.69 Å². The number of benzene rings is 1. The third-order valence-corrected chi connectivity index (χ3v) is 4.28. The predicted octanol–water partition coefficient (Wildman–Crippen LogP) is 1.51. The van der Waals surface area contributed by atoms with Crippen molar-refractivity contribution in [2.24, 2.45) is 11.7 Å². The van der Waals surface area contributed by atoms with Crippen molar-refractivity contribution in [2.75, 3.05) is 6.54 Å². The van der Waals surface area contributed by atoms with Gasteiger partial charge in [0, 0.05) is 6.04 Å². The van der Waals surface area contributed by atoms with E-state index in [9.17, 15) is 4.79 Å². The minimum atomic E-state index is -0.174. The first-order valence-electron chi connectivity index (χ1n) is 7.76. The Balaban J connectivity index is 1.69. The molecule has 0 bridgehead atoms. The summed E-state index contributed by atoms with van der Waals surface area (Å²) in [6.45, 7) is 0.613. The summed E-state index contributed by atoms with van der Waals surface area (Å²) in [5, 5.41) is 11.1. The van der Waals surface area contributed by atoms with Crippen molar-refractivity contribution in [3.05, 3.63) is 42.2 Å². The second kappa shape index (κ2) is 6.70. The van der Waals surface area contributed by atoms with Gasteiger partial charge in [-0.2, -0.15) is 0 Å². The van der Waals surface area contributed by atoms with Crippen LogP contribution in [-0.2, 0) is 0 Å². The van der Waals surface area contributed by atoms with Crippen LogP contribution in [0, 0.1) is 5.92 Å². The Kier molecular flexibility index (Phi) is 4.48. The van der Waals surface area contributed by atoms with Crippen LogP contribution in [0.4, 0.5) is 0 Å². The van der Waals surface area contributed by atoms with Gasteiger partial charge in [0.1, 0.15) is 0 Å². The third kappa shape index (κ3) is 3.17. The van der Waals surface area contributed by atoms with Crippen molar-refractivity contribution in [1.82, 2.24) is 20.3 Å². The Labute approximate surface area is 129 Å². The molecular formula is C16H21N5O. The Morgan fingerprint density at radius 3 is 2.82 bits per heavy atom. The Bertz CT molecular complexity index is 624. The SMILES string of the molecule is NCC1CCCCC1NC(=O)c1cn(-c2ccccc2)nn1. The van der Waals surface area contributed by atoms with Crippen LogP contribution in [0.2, 0.25) is 0 Å². The monoisotopic (exact) mass is 299 g/mol. The summed E-state index contributed by atoms with van der Waals surface area (Å²) in [4.78, 5) is 12.4. The van der Waals surface area contributed by atoms with E-state index >= 15 is 0 Å². The molecule has 0 spiro atoms. The molecule has 22 heavy (non-hydrogen) atoms. The minimum Gasteiger partial charge on any atom is -0.348 e. The standard InChI is InChI=1S/C16H21N5O/c17-10-12-6-4-5-9-14(12)18-16(22)15-11-21(20-19-15)13-7-2-1-3-8-13/h1-3,7-8,11-12,14H,4-6,9-10,17H2,(H,18,22). The fourth-order valence-electron chi connectivity index (χ4n) is 3.00. The summed E-state index contributed by atoms with van der Waals surface area (Å²) in [5.74, 6) is 0.189. The van der Waals surface area contributed by atoms with Gasteiger partial charge in [-0.05, 0) is 37.4 Å². The van der Waals surface area contributed by atoms with Crippen molar-refractivity contribution < 1.29 is 4.79 Å². The number of nitrogens with two attached hydrogens (primary N) is 1. The normalized spacial score (nSPS) is 21.5. The van der Waals surface area contributed by atoms with E-state index in [1.807, 2.05) is 30.3 Å². The molecule has 3 N–H and O–H groups in total. The first-order chi connectivity index (χ1) is 10.8. The van der Waals surface area contributed by atoms with Crippen LogP contribution in [0.1, 0.15) is 36.2 Å². The highest BCUT2D eigenvalue weighted by atomic mass is 16.2. The summed E-state index contributed by atoms with van der Waals surface area (Å²) >= 11 is 0. The molecule has 2 aromatic rings. The second-order valence-electron chi connectivity index (χ2n) is 5.74. The Morgan fingerprint density at radius 1 is 1.27 bits per heavy atom. The fourth-order valence-corrected chi connectivity index (χ4v) is 3.00. The van der Waals surface area contributed by atoms with E-state index in [4.69, 9.17) is 5.73 Å². The molecule has 1 amide bonds. The average Bonchev–Trinajstić information content (AvgIpc) is 3.06. The average molecular weight is 299 g/mol. The lowest BCUT2D eigenvalue weighted by Crippen LogP contribution is -2.44. The van der Waals surface area contributed by atoms with Crippen LogP contribution in [-0.4, -0.2) is 33.5 Å². The molecule has 6 heteroatoms. The number of hydrogen-bond donors (Lipinski definition) is 2. The number of hydrogen-bond acceptors (Lipinski definition) is 4. The number of aromatic nitrogens is 3. The molecule has 1 heterocycles. The van der Waals surface area contributed by atoms with Crippen LogP contribution >= 0.6 is 0 Å². The van der Waals surface area contributed by atoms with Gasteiger partial charge in [-0.1, -0.05) is 36.3 Å². The van der Waals surface area contributed by atoms with Crippen LogP contribution in [0.15, 0.2) is 36.5 Å². The molecule has 2 atom stereocenters. The molecule has 1 aliphatic carbocycles. The lowest BCUT2D eigenvalue weighted by Gasteiger charge is -2.30. The van der Waals surface area contributed by atoms with Gasteiger partial charge in [-0.3, -0.25) is 4.79 Å². The molecule has 1 fully saturated rings. The molecule has 1 aliphatic rings. The molecule has 3 rings (SSSR count). The number of rotatable bonds is 4. The summed E-state index contributed by atoms with van der Waals surface area (Å²) in [6.07, 6.45) is 6.06. The fraction of sp³-hybridized carbons (Fsp3) is 0.438. The lowest BCUT2D eigenvalue weighted by atomic mass is 9.84. The summed E-state index contributed by atoms with van der Waals surface area (Å²) in [7, 11) is 0. The van der Waals surface area contributed by atoms with Gasteiger partial charge in [0.2, 0.25) is 0 Å². The van der Waals surface area contributed by atoms with Crippen LogP contribution in [0.5, 0.6) is 0 Å². The van der Waals surface area contributed by atoms with Gasteiger partial charge in [0.15, 0.2) is 5.69 Å². The molecular weight excluding hydrogens is 278 g/mol. The van der Waals surface area contributed by atoms with Gasteiger partial charge in [0.05, 0.1) is 11.9 Å². The van der Waals surface area contributed by atoms with Crippen molar-refractivity contribution in [2.45, 2.75) is 31.7 Å². The summed E-state index contributed by atoms with van der Waals surface area (Å²) in [5.41, 5.74) is 7.02. The number of carbonyl (C=O) groups excluding carboxylic acids is 1. The first kappa shape index (κ1) is 14.7. The van der Waals surface area contributed by atoms with E-state index in [2.05, 4.69) is 15.6 Å². The maximum atomic E-state index is 12.4. The lowest BCUT2D eigenvalue weighted by molar-refractivity contribution is 0.0903. The number of nitrogens with zero attached hydrogens (tertiary/aromatic N) is 3. The smallest absolute Gasteiger partial charge is 0.273 e. The van der Waals surface area contributed by atoms with E-state index < -0.39 is 0 Å². The Hall–Kier alpha value is -2.21. The van der Waals surface area contributed by atoms with Gasteiger partial charge >= 0.3 is 0 Å². The quantitative estimate of drug-likeness (QED) is 0.896. The summed E-state index contributed by atoms with van der Waals surface area (Å²) < 4.78 is 1.61. The molecule has 1 aromatic heterocycles. The van der Waals surface area contributed by atoms with E-state index in [1.54, 1.807) is 10.9 Å². The Morgan fingerprint density at radius 2 is 2.05 bits per heavy atom. The number of nitrogens with one attached hydrogen (secondary N) is 1. The highest BCUT2D eigenvalue weighted by Crippen LogP contribution is 2.23. The zero-order valence-corrected chi connectivity index (χ0v) is 12.5. The van der Waals surface area contributed by atoms with E-state index in [1.165, 1.54) is 6.42 Å². The largest absolute Gasteiger partial charge is 0.348 e. The highest BCUT2D eigenvalue weighted by molar-refractivity contribution is 5.92. The van der Waals surface area contributed by atoms with Gasteiger partial charge in [0.25, 0.3) is 5.91 Å². The second-order valence-corrected chi connectivity index (χ2v) is 5.74. The zero-order valence-electron chi connectivity index (χ0n) is 12.5. The number of amides is 1. The van der Waals surface area contributed by atoms with Crippen LogP contribution in [0.3, 0.4) is 0 Å². The topological polar surface area (TPSA) is 85.8 Å². The third-order valence-electron chi connectivity index (χ3n) is 4.28. The van der Waals surface area contributed by atoms with Gasteiger partial charge in [-0.15, -0.1) is 5.10 Å². The molecule has 0 aliphatic heterocycles. The van der Waals surface area contributed by atoms with E-state index in [0.29, 0.717) is 18.2 Å². The molecule has 0 saturated heterocycles. The molecule has 116 valence electrons. The van der Waals surface area contributed by atoms with Gasteiger partial charge < -0.3 is 11.1 Å². The van der Waals surface area contributed by atoms with Crippen molar-refractivity contribution in [3.63, 3.8) is 0 Å². The van der Waals surface area contributed by atoms with E-state index in [-0.39, 0.29) is 11.9 Å².